The lowest BCUT2D eigenvalue weighted by atomic mass is 9.80. The molecule has 0 radical (unpaired) electrons. The summed E-state index contributed by atoms with van der Waals surface area (Å²) in [6, 6.07) is 8.00. The van der Waals surface area contributed by atoms with Crippen molar-refractivity contribution in [2.45, 2.75) is 85.3 Å². The van der Waals surface area contributed by atoms with Gasteiger partial charge in [-0.25, -0.2) is 13.2 Å². The minimum absolute atomic E-state index is 0.291. The number of carboxylic acid groups (broad SMARTS) is 1. The number of ether oxygens (including phenoxy) is 1. The Hall–Kier alpha value is -2.22. The largest absolute Gasteiger partial charge is 0.479 e. The topological polar surface area (TPSA) is 83.9 Å². The molecule has 3 rings (SSSR count). The highest BCUT2D eigenvalue weighted by molar-refractivity contribution is 7.89. The molecule has 0 bridgehead atoms. The molecule has 7 heteroatoms. The van der Waals surface area contributed by atoms with Gasteiger partial charge in [0.1, 0.15) is 0 Å². The standard InChI is InChI=1S/C27H37NO5S/c1-16(2)34(31,32)28-14-13-21-18(4)24(25(26(29)30)33-27(6,7)8)23(19(5)22(21)15-28)20-11-9-17(3)10-12-20/h9-12,16,25H,13-15H2,1-8H3,(H,29,30). The normalized spacial score (nSPS) is 15.9. The summed E-state index contributed by atoms with van der Waals surface area (Å²) in [6.07, 6.45) is -0.602. The van der Waals surface area contributed by atoms with Crippen LogP contribution in [-0.4, -0.2) is 41.2 Å². The molecule has 2 aromatic carbocycles. The van der Waals surface area contributed by atoms with Gasteiger partial charge in [0.25, 0.3) is 0 Å². The highest BCUT2D eigenvalue weighted by Gasteiger charge is 2.36. The van der Waals surface area contributed by atoms with Crippen LogP contribution in [0.5, 0.6) is 0 Å². The summed E-state index contributed by atoms with van der Waals surface area (Å²) < 4.78 is 33.5. The summed E-state index contributed by atoms with van der Waals surface area (Å²) in [4.78, 5) is 12.5. The molecule has 0 aromatic heterocycles. The van der Waals surface area contributed by atoms with Crippen molar-refractivity contribution in [3.8, 4) is 11.1 Å². The van der Waals surface area contributed by atoms with Gasteiger partial charge in [-0.15, -0.1) is 0 Å². The second kappa shape index (κ2) is 9.44. The minimum atomic E-state index is -3.40. The third-order valence-corrected chi connectivity index (χ3v) is 8.74. The number of carbonyl (C=O) groups is 1. The van der Waals surface area contributed by atoms with E-state index >= 15 is 0 Å². The second-order valence-corrected chi connectivity index (χ2v) is 13.0. The maximum atomic E-state index is 12.9. The van der Waals surface area contributed by atoms with Crippen molar-refractivity contribution in [3.05, 3.63) is 57.6 Å². The third-order valence-electron chi connectivity index (χ3n) is 6.52. The number of nitrogens with zero attached hydrogens (tertiary/aromatic N) is 1. The van der Waals surface area contributed by atoms with E-state index in [0.717, 1.165) is 38.9 Å². The zero-order chi connectivity index (χ0) is 25.6. The van der Waals surface area contributed by atoms with Crippen molar-refractivity contribution in [2.24, 2.45) is 0 Å². The molecule has 0 amide bonds. The van der Waals surface area contributed by atoms with Gasteiger partial charge >= 0.3 is 5.97 Å². The lowest BCUT2D eigenvalue weighted by Gasteiger charge is -2.35. The van der Waals surface area contributed by atoms with E-state index in [-0.39, 0.29) is 0 Å². The molecule has 1 aliphatic rings. The highest BCUT2D eigenvalue weighted by atomic mass is 32.2. The fraction of sp³-hybridized carbons (Fsp3) is 0.519. The first kappa shape index (κ1) is 26.4. The van der Waals surface area contributed by atoms with Crippen molar-refractivity contribution in [1.82, 2.24) is 4.31 Å². The van der Waals surface area contributed by atoms with E-state index in [1.165, 1.54) is 0 Å². The van der Waals surface area contributed by atoms with Gasteiger partial charge in [0.05, 0.1) is 10.9 Å². The van der Waals surface area contributed by atoms with Gasteiger partial charge in [-0.05, 0) is 95.2 Å². The lowest BCUT2D eigenvalue weighted by Crippen LogP contribution is -2.40. The monoisotopic (exact) mass is 487 g/mol. The Labute approximate surface area is 204 Å². The summed E-state index contributed by atoms with van der Waals surface area (Å²) in [7, 11) is -3.40. The number of sulfonamides is 1. The van der Waals surface area contributed by atoms with E-state index in [9.17, 15) is 18.3 Å². The SMILES string of the molecule is Cc1ccc(-c2c(C)c3c(c(C)c2C(OC(C)(C)C)C(=O)O)CCN(S(=O)(=O)C(C)C)C3)cc1. The maximum absolute atomic E-state index is 12.9. The van der Waals surface area contributed by atoms with E-state index < -0.39 is 32.9 Å². The van der Waals surface area contributed by atoms with Gasteiger partial charge in [-0.2, -0.15) is 4.31 Å². The van der Waals surface area contributed by atoms with E-state index in [1.54, 1.807) is 18.2 Å². The number of hydrogen-bond acceptors (Lipinski definition) is 4. The van der Waals surface area contributed by atoms with Crippen molar-refractivity contribution in [3.63, 3.8) is 0 Å². The van der Waals surface area contributed by atoms with E-state index in [2.05, 4.69) is 0 Å². The molecular weight excluding hydrogens is 450 g/mol. The van der Waals surface area contributed by atoms with Gasteiger partial charge in [-0.1, -0.05) is 29.8 Å². The summed E-state index contributed by atoms with van der Waals surface area (Å²) in [5, 5.41) is 9.72. The number of benzene rings is 2. The summed E-state index contributed by atoms with van der Waals surface area (Å²) in [6.45, 7) is 15.5. The van der Waals surface area contributed by atoms with Crippen LogP contribution < -0.4 is 0 Å². The van der Waals surface area contributed by atoms with Gasteiger partial charge < -0.3 is 9.84 Å². The molecule has 1 heterocycles. The van der Waals surface area contributed by atoms with Crippen molar-refractivity contribution in [2.75, 3.05) is 6.54 Å². The van der Waals surface area contributed by atoms with Crippen LogP contribution in [0.15, 0.2) is 24.3 Å². The summed E-state index contributed by atoms with van der Waals surface area (Å²) >= 11 is 0. The Morgan fingerprint density at radius 2 is 1.62 bits per heavy atom. The fourth-order valence-corrected chi connectivity index (χ4v) is 5.97. The van der Waals surface area contributed by atoms with Crippen LogP contribution in [0.1, 0.15) is 74.1 Å². The molecular formula is C27H37NO5S. The van der Waals surface area contributed by atoms with Gasteiger partial charge in [0, 0.05) is 18.7 Å². The second-order valence-electron chi connectivity index (χ2n) is 10.5. The van der Waals surface area contributed by atoms with Crippen LogP contribution >= 0.6 is 0 Å². The summed E-state index contributed by atoms with van der Waals surface area (Å²) in [5.41, 5.74) is 6.59. The van der Waals surface area contributed by atoms with E-state index in [1.807, 2.05) is 65.8 Å². The molecule has 0 spiro atoms. The zero-order valence-electron chi connectivity index (χ0n) is 21.5. The molecule has 0 fully saturated rings. The number of carboxylic acids is 1. The minimum Gasteiger partial charge on any atom is -0.479 e. The van der Waals surface area contributed by atoms with Crippen LogP contribution in [0.4, 0.5) is 0 Å². The smallest absolute Gasteiger partial charge is 0.337 e. The average molecular weight is 488 g/mol. The molecule has 1 unspecified atom stereocenters. The molecule has 1 aliphatic heterocycles. The number of fused-ring (bicyclic) bond motifs is 1. The first-order valence-electron chi connectivity index (χ1n) is 11.8. The maximum Gasteiger partial charge on any atom is 0.337 e. The quantitative estimate of drug-likeness (QED) is 0.596. The molecule has 2 aromatic rings. The van der Waals surface area contributed by atoms with Crippen molar-refractivity contribution in [1.29, 1.82) is 0 Å². The predicted molar refractivity (Wildman–Crippen MR) is 135 cm³/mol. The molecule has 6 nitrogen and oxygen atoms in total. The lowest BCUT2D eigenvalue weighted by molar-refractivity contribution is -0.160. The molecule has 1 N–H and O–H groups in total. The van der Waals surface area contributed by atoms with Crippen LogP contribution in [0, 0.1) is 20.8 Å². The number of hydrogen-bond donors (Lipinski definition) is 1. The molecule has 1 atom stereocenters. The Morgan fingerprint density at radius 1 is 1.03 bits per heavy atom. The zero-order valence-corrected chi connectivity index (χ0v) is 22.3. The Balaban J connectivity index is 2.32. The number of aryl methyl sites for hydroxylation is 1. The van der Waals surface area contributed by atoms with Crippen LogP contribution in [0.2, 0.25) is 0 Å². The first-order valence-corrected chi connectivity index (χ1v) is 13.3. The number of rotatable bonds is 6. The molecule has 0 saturated heterocycles. The average Bonchev–Trinajstić information content (AvgIpc) is 2.74. The first-order chi connectivity index (χ1) is 15.6. The van der Waals surface area contributed by atoms with E-state index in [0.29, 0.717) is 25.1 Å². The van der Waals surface area contributed by atoms with Crippen LogP contribution in [0.3, 0.4) is 0 Å². The molecule has 34 heavy (non-hydrogen) atoms. The molecule has 186 valence electrons. The van der Waals surface area contributed by atoms with Gasteiger partial charge in [-0.3, -0.25) is 0 Å². The highest BCUT2D eigenvalue weighted by Crippen LogP contribution is 2.43. The van der Waals surface area contributed by atoms with Crippen LogP contribution in [0.25, 0.3) is 11.1 Å². The molecule has 0 saturated carbocycles. The summed E-state index contributed by atoms with van der Waals surface area (Å²) in [5.74, 6) is -1.04. The Bertz CT molecular complexity index is 1190. The third kappa shape index (κ3) is 5.07. The molecule has 0 aliphatic carbocycles. The van der Waals surface area contributed by atoms with E-state index in [4.69, 9.17) is 4.74 Å². The van der Waals surface area contributed by atoms with Crippen molar-refractivity contribution < 1.29 is 23.1 Å². The number of aliphatic carboxylic acids is 1. The Morgan fingerprint density at radius 3 is 2.12 bits per heavy atom. The van der Waals surface area contributed by atoms with Crippen molar-refractivity contribution >= 4 is 16.0 Å². The Kier molecular flexibility index (Phi) is 7.32. The predicted octanol–water partition coefficient (Wildman–Crippen LogP) is 5.32. The van der Waals surface area contributed by atoms with Gasteiger partial charge in [0.2, 0.25) is 10.0 Å². The van der Waals surface area contributed by atoms with Gasteiger partial charge in [0.15, 0.2) is 6.10 Å². The van der Waals surface area contributed by atoms with Crippen LogP contribution in [-0.2, 0) is 32.5 Å². The fourth-order valence-electron chi connectivity index (χ4n) is 4.72.